The summed E-state index contributed by atoms with van der Waals surface area (Å²) in [6.07, 6.45) is 4.03. The lowest BCUT2D eigenvalue weighted by Crippen LogP contribution is -2.48. The van der Waals surface area contributed by atoms with Crippen LogP contribution in [0.15, 0.2) is 0 Å². The van der Waals surface area contributed by atoms with Crippen LogP contribution in [0, 0.1) is 5.92 Å². The second kappa shape index (κ2) is 8.54. The number of carbonyl (C=O) groups excluding carboxylic acids is 1. The molecule has 0 aliphatic carbocycles. The highest BCUT2D eigenvalue weighted by Crippen LogP contribution is 2.19. The molecule has 1 saturated heterocycles. The van der Waals surface area contributed by atoms with E-state index in [2.05, 4.69) is 25.7 Å². The Kier molecular flexibility index (Phi) is 7.39. The van der Waals surface area contributed by atoms with Crippen molar-refractivity contribution in [3.63, 3.8) is 0 Å². The highest BCUT2D eigenvalue weighted by molar-refractivity contribution is 5.81. The molecule has 0 radical (unpaired) electrons. The summed E-state index contributed by atoms with van der Waals surface area (Å²) in [7, 11) is 0. The molecule has 0 saturated carbocycles. The third kappa shape index (κ3) is 5.11. The lowest BCUT2D eigenvalue weighted by Gasteiger charge is -2.35. The highest BCUT2D eigenvalue weighted by Gasteiger charge is 2.26. The molecule has 1 aliphatic rings. The predicted molar refractivity (Wildman–Crippen MR) is 80.0 cm³/mol. The Hall–Kier alpha value is -0.610. The molecule has 19 heavy (non-hydrogen) atoms. The van der Waals surface area contributed by atoms with Gasteiger partial charge in [-0.2, -0.15) is 0 Å². The van der Waals surface area contributed by atoms with Crippen molar-refractivity contribution in [1.82, 2.24) is 9.80 Å². The molecule has 1 aliphatic heterocycles. The van der Waals surface area contributed by atoms with Crippen molar-refractivity contribution in [2.24, 2.45) is 11.7 Å². The number of nitrogens with two attached hydrogens (primary N) is 1. The Balaban J connectivity index is 2.34. The van der Waals surface area contributed by atoms with E-state index in [4.69, 9.17) is 5.73 Å². The molecule has 4 heteroatoms. The normalized spacial score (nSPS) is 18.9. The molecule has 1 heterocycles. The van der Waals surface area contributed by atoms with E-state index in [0.29, 0.717) is 0 Å². The van der Waals surface area contributed by atoms with Gasteiger partial charge in [-0.1, -0.05) is 27.2 Å². The summed E-state index contributed by atoms with van der Waals surface area (Å²) in [5.74, 6) is 0.898. The average molecular weight is 269 g/mol. The molecule has 0 unspecified atom stereocenters. The molecule has 1 atom stereocenters. The number of amides is 1. The fraction of sp³-hybridized carbons (Fsp3) is 0.933. The van der Waals surface area contributed by atoms with Gasteiger partial charge in [0.05, 0.1) is 6.04 Å². The molecule has 0 aromatic carbocycles. The van der Waals surface area contributed by atoms with E-state index in [-0.39, 0.29) is 11.9 Å². The van der Waals surface area contributed by atoms with Gasteiger partial charge in [-0.25, -0.2) is 0 Å². The van der Waals surface area contributed by atoms with Crippen molar-refractivity contribution in [1.29, 1.82) is 0 Å². The molecule has 1 amide bonds. The molecule has 0 bridgehead atoms. The summed E-state index contributed by atoms with van der Waals surface area (Å²) in [6.45, 7) is 11.7. The minimum Gasteiger partial charge on any atom is -0.341 e. The standard InChI is InChI=1S/C15H31N3O/c1-4-7-14(16)15(19)18-10-8-13(9-11-18)12-17(5-2)6-3/h13-14H,4-12,16H2,1-3H3/t14-/m0/s1. The number of likely N-dealkylation sites (tertiary alicyclic amines) is 1. The number of hydrogen-bond donors (Lipinski definition) is 1. The first kappa shape index (κ1) is 16.4. The number of nitrogens with zero attached hydrogens (tertiary/aromatic N) is 2. The van der Waals surface area contributed by atoms with E-state index in [1.54, 1.807) is 0 Å². The van der Waals surface area contributed by atoms with E-state index in [9.17, 15) is 4.79 Å². The van der Waals surface area contributed by atoms with E-state index < -0.39 is 0 Å². The lowest BCUT2D eigenvalue weighted by atomic mass is 9.95. The molecule has 1 fully saturated rings. The van der Waals surface area contributed by atoms with Crippen LogP contribution in [-0.4, -0.2) is 54.5 Å². The van der Waals surface area contributed by atoms with Crippen molar-refractivity contribution < 1.29 is 4.79 Å². The molecular weight excluding hydrogens is 238 g/mol. The van der Waals surface area contributed by atoms with Crippen LogP contribution in [0.1, 0.15) is 46.5 Å². The minimum atomic E-state index is -0.288. The first-order valence-corrected chi connectivity index (χ1v) is 7.89. The third-order valence-electron chi connectivity index (χ3n) is 4.25. The highest BCUT2D eigenvalue weighted by atomic mass is 16.2. The predicted octanol–water partition coefficient (Wildman–Crippen LogP) is 1.69. The lowest BCUT2D eigenvalue weighted by molar-refractivity contribution is -0.134. The first-order chi connectivity index (χ1) is 9.12. The van der Waals surface area contributed by atoms with E-state index in [0.717, 1.165) is 57.8 Å². The van der Waals surface area contributed by atoms with E-state index in [1.807, 2.05) is 4.90 Å². The van der Waals surface area contributed by atoms with E-state index >= 15 is 0 Å². The van der Waals surface area contributed by atoms with Gasteiger partial charge in [-0.15, -0.1) is 0 Å². The van der Waals surface area contributed by atoms with Crippen molar-refractivity contribution in [2.75, 3.05) is 32.7 Å². The van der Waals surface area contributed by atoms with Crippen LogP contribution in [0.25, 0.3) is 0 Å². The Labute approximate surface area is 118 Å². The zero-order chi connectivity index (χ0) is 14.3. The maximum atomic E-state index is 12.1. The van der Waals surface area contributed by atoms with Gasteiger partial charge in [0.15, 0.2) is 0 Å². The van der Waals surface area contributed by atoms with Gasteiger partial charge in [-0.3, -0.25) is 4.79 Å². The summed E-state index contributed by atoms with van der Waals surface area (Å²) in [5, 5.41) is 0. The summed E-state index contributed by atoms with van der Waals surface area (Å²) < 4.78 is 0. The topological polar surface area (TPSA) is 49.6 Å². The zero-order valence-corrected chi connectivity index (χ0v) is 12.9. The van der Waals surface area contributed by atoms with Gasteiger partial charge in [0.2, 0.25) is 5.91 Å². The smallest absolute Gasteiger partial charge is 0.239 e. The summed E-state index contributed by atoms with van der Waals surface area (Å²) >= 11 is 0. The van der Waals surface area contributed by atoms with Crippen molar-refractivity contribution >= 4 is 5.91 Å². The molecule has 1 rings (SSSR count). The fourth-order valence-corrected chi connectivity index (χ4v) is 2.85. The largest absolute Gasteiger partial charge is 0.341 e. The molecular formula is C15H31N3O. The van der Waals surface area contributed by atoms with Gasteiger partial charge in [0.25, 0.3) is 0 Å². The monoisotopic (exact) mass is 269 g/mol. The Morgan fingerprint density at radius 3 is 2.32 bits per heavy atom. The molecule has 112 valence electrons. The Morgan fingerprint density at radius 2 is 1.84 bits per heavy atom. The fourth-order valence-electron chi connectivity index (χ4n) is 2.85. The van der Waals surface area contributed by atoms with Crippen molar-refractivity contribution in [2.45, 2.75) is 52.5 Å². The van der Waals surface area contributed by atoms with Gasteiger partial charge >= 0.3 is 0 Å². The molecule has 0 spiro atoms. The zero-order valence-electron chi connectivity index (χ0n) is 12.9. The third-order valence-corrected chi connectivity index (χ3v) is 4.25. The van der Waals surface area contributed by atoms with Gasteiger partial charge in [0, 0.05) is 19.6 Å². The van der Waals surface area contributed by atoms with E-state index in [1.165, 1.54) is 6.54 Å². The van der Waals surface area contributed by atoms with Gasteiger partial charge in [0.1, 0.15) is 0 Å². The molecule has 0 aromatic rings. The number of piperidine rings is 1. The van der Waals surface area contributed by atoms with Crippen LogP contribution in [0.3, 0.4) is 0 Å². The van der Waals surface area contributed by atoms with Gasteiger partial charge in [-0.05, 0) is 38.3 Å². The van der Waals surface area contributed by atoms with Crippen LogP contribution in [-0.2, 0) is 4.79 Å². The maximum absolute atomic E-state index is 12.1. The summed E-state index contributed by atoms with van der Waals surface area (Å²) in [5.41, 5.74) is 5.92. The summed E-state index contributed by atoms with van der Waals surface area (Å²) in [4.78, 5) is 16.6. The van der Waals surface area contributed by atoms with Crippen LogP contribution >= 0.6 is 0 Å². The van der Waals surface area contributed by atoms with Crippen LogP contribution < -0.4 is 5.73 Å². The average Bonchev–Trinajstić information content (AvgIpc) is 2.45. The second-order valence-corrected chi connectivity index (χ2v) is 5.65. The quantitative estimate of drug-likeness (QED) is 0.765. The van der Waals surface area contributed by atoms with Crippen LogP contribution in [0.5, 0.6) is 0 Å². The minimum absolute atomic E-state index is 0.156. The first-order valence-electron chi connectivity index (χ1n) is 7.89. The second-order valence-electron chi connectivity index (χ2n) is 5.65. The van der Waals surface area contributed by atoms with Crippen LogP contribution in [0.2, 0.25) is 0 Å². The number of carbonyl (C=O) groups is 1. The van der Waals surface area contributed by atoms with Crippen molar-refractivity contribution in [3.05, 3.63) is 0 Å². The Bertz CT molecular complexity index is 258. The van der Waals surface area contributed by atoms with Gasteiger partial charge < -0.3 is 15.5 Å². The maximum Gasteiger partial charge on any atom is 0.239 e. The number of rotatable bonds is 7. The van der Waals surface area contributed by atoms with Crippen LogP contribution in [0.4, 0.5) is 0 Å². The molecule has 2 N–H and O–H groups in total. The van der Waals surface area contributed by atoms with Crippen molar-refractivity contribution in [3.8, 4) is 0 Å². The number of hydrogen-bond acceptors (Lipinski definition) is 3. The Morgan fingerprint density at radius 1 is 1.26 bits per heavy atom. The molecule has 0 aromatic heterocycles. The molecule has 4 nitrogen and oxygen atoms in total. The summed E-state index contributed by atoms with van der Waals surface area (Å²) in [6, 6.07) is -0.288. The SMILES string of the molecule is CCC[C@H](N)C(=O)N1CCC(CN(CC)CC)CC1.